The summed E-state index contributed by atoms with van der Waals surface area (Å²) in [7, 11) is -16.5. The van der Waals surface area contributed by atoms with Crippen LogP contribution in [0.4, 0.5) is 0 Å². The molecular weight excluding hydrogens is 525 g/mol. The van der Waals surface area contributed by atoms with Gasteiger partial charge in [-0.25, -0.2) is 25.3 Å². The van der Waals surface area contributed by atoms with Gasteiger partial charge in [0.15, 0.2) is 6.29 Å². The summed E-state index contributed by atoms with van der Waals surface area (Å²) >= 11 is 0. The van der Waals surface area contributed by atoms with E-state index in [2.05, 4.69) is 12.5 Å². The van der Waals surface area contributed by atoms with Gasteiger partial charge in [-0.05, 0) is 5.92 Å². The summed E-state index contributed by atoms with van der Waals surface area (Å²) < 4.78 is 120. The maximum Gasteiger partial charge on any atom is 1.00 e. The van der Waals surface area contributed by atoms with E-state index in [4.69, 9.17) is 9.47 Å². The van der Waals surface area contributed by atoms with E-state index in [-0.39, 0.29) is 101 Å². The molecule has 1 aliphatic rings. The first-order chi connectivity index (χ1) is 12.5. The Bertz CT molecular complexity index is 830. The molecule has 0 aromatic rings. The van der Waals surface area contributed by atoms with Crippen LogP contribution in [0.25, 0.3) is 0 Å². The second-order valence-corrected chi connectivity index (χ2v) is 8.96. The Balaban J connectivity index is -0.00000261. The molecule has 0 aliphatic carbocycles. The molecule has 1 N–H and O–H groups in total. The zero-order chi connectivity index (χ0) is 21.9. The molecule has 5 atom stereocenters. The van der Waals surface area contributed by atoms with E-state index in [0.29, 0.717) is 0 Å². The van der Waals surface area contributed by atoms with Gasteiger partial charge >= 0.3 is 88.7 Å². The summed E-state index contributed by atoms with van der Waals surface area (Å²) in [6, 6.07) is 0. The third-order valence-electron chi connectivity index (χ3n) is 3.04. The molecule has 1 fully saturated rings. The van der Waals surface area contributed by atoms with Gasteiger partial charge < -0.3 is 28.2 Å². The van der Waals surface area contributed by atoms with Crippen molar-refractivity contribution in [1.82, 2.24) is 0 Å². The molecule has 0 aromatic carbocycles. The molecule has 0 radical (unpaired) electrons. The molecule has 168 valence electrons. The third-order valence-corrected chi connectivity index (χ3v) is 4.38. The Labute approximate surface area is 246 Å². The first kappa shape index (κ1) is 38.0. The van der Waals surface area contributed by atoms with Crippen LogP contribution in [-0.4, -0.2) is 87.9 Å². The minimum atomic E-state index is -5.61. The van der Waals surface area contributed by atoms with Gasteiger partial charge in [-0.1, -0.05) is 13.8 Å². The fourth-order valence-electron chi connectivity index (χ4n) is 2.10. The SMILES string of the molecule is CC(C)CO[C@@H]1O[C@H](COS(=O)(=O)[O-])[C@H](OS(=O)(=O)[O-])[C@H](OS(=O)(=O)[O-])[C@H]1O.[Na+].[Na+].[Na+]. The fraction of sp³-hybridized carbons (Fsp3) is 1.00. The van der Waals surface area contributed by atoms with Crippen LogP contribution >= 0.6 is 0 Å². The largest absolute Gasteiger partial charge is 1.00 e. The Hall–Kier alpha value is 2.49. The van der Waals surface area contributed by atoms with Gasteiger partial charge in [0.2, 0.25) is 31.2 Å². The molecule has 1 aliphatic heterocycles. The molecule has 0 spiro atoms. The van der Waals surface area contributed by atoms with E-state index >= 15 is 0 Å². The average Bonchev–Trinajstić information content (AvgIpc) is 2.45. The van der Waals surface area contributed by atoms with Gasteiger partial charge in [-0.2, -0.15) is 0 Å². The standard InChI is InChI=1S/C10H20O15S3.3Na/c1-5(2)3-21-10-7(11)9(25-28(18,19)20)8(24-27(15,16)17)6(23-10)4-22-26(12,13)14;;;/h5-11H,3-4H2,1-2H3,(H,12,13,14)(H,15,16,17)(H,18,19,20);;;/q;3*+1/p-3/t6-,7-,8+,9-,10-;;;/m1.../s1. The number of hydrogen-bond donors (Lipinski definition) is 1. The Morgan fingerprint density at radius 3 is 1.71 bits per heavy atom. The molecule has 0 amide bonds. The zero-order valence-electron chi connectivity index (χ0n) is 17.3. The average molecular weight is 542 g/mol. The van der Waals surface area contributed by atoms with Crippen molar-refractivity contribution in [3.63, 3.8) is 0 Å². The quantitative estimate of drug-likeness (QED) is 0.153. The van der Waals surface area contributed by atoms with Crippen molar-refractivity contribution in [2.24, 2.45) is 5.92 Å². The molecule has 1 saturated heterocycles. The van der Waals surface area contributed by atoms with E-state index in [0.717, 1.165) is 0 Å². The Kier molecular flexibility index (Phi) is 19.1. The molecule has 0 unspecified atom stereocenters. The first-order valence-electron chi connectivity index (χ1n) is 7.32. The van der Waals surface area contributed by atoms with Gasteiger partial charge in [0.25, 0.3) is 0 Å². The number of rotatable bonds is 10. The number of aliphatic hydroxyl groups is 1. The summed E-state index contributed by atoms with van der Waals surface area (Å²) in [6.07, 6.45) is -10.7. The summed E-state index contributed by atoms with van der Waals surface area (Å²) in [5, 5.41) is 10.1. The van der Waals surface area contributed by atoms with Crippen molar-refractivity contribution < 1.29 is 155 Å². The summed E-state index contributed by atoms with van der Waals surface area (Å²) in [6.45, 7) is 1.97. The Morgan fingerprint density at radius 2 is 1.32 bits per heavy atom. The van der Waals surface area contributed by atoms with Crippen LogP contribution in [0, 0.1) is 5.92 Å². The minimum absolute atomic E-state index is 0. The second kappa shape index (κ2) is 15.6. The Morgan fingerprint density at radius 1 is 0.871 bits per heavy atom. The fourth-order valence-corrected chi connectivity index (χ4v) is 3.40. The molecule has 1 rings (SSSR count). The van der Waals surface area contributed by atoms with Crippen LogP contribution in [-0.2, 0) is 53.2 Å². The molecule has 0 saturated carbocycles. The molecule has 21 heteroatoms. The summed E-state index contributed by atoms with van der Waals surface area (Å²) in [5.41, 5.74) is 0. The normalized spacial score (nSPS) is 27.0. The van der Waals surface area contributed by atoms with E-state index in [1.54, 1.807) is 13.8 Å². The van der Waals surface area contributed by atoms with Crippen molar-refractivity contribution >= 4 is 31.2 Å². The topological polar surface area (TPSA) is 238 Å². The van der Waals surface area contributed by atoms with Crippen molar-refractivity contribution in [2.45, 2.75) is 44.6 Å². The van der Waals surface area contributed by atoms with Gasteiger partial charge in [0, 0.05) is 0 Å². The molecule has 31 heavy (non-hydrogen) atoms. The van der Waals surface area contributed by atoms with Gasteiger partial charge in [-0.3, -0.25) is 12.5 Å². The van der Waals surface area contributed by atoms with Gasteiger partial charge in [0.05, 0.1) is 13.2 Å². The van der Waals surface area contributed by atoms with Crippen molar-refractivity contribution in [1.29, 1.82) is 0 Å². The van der Waals surface area contributed by atoms with Gasteiger partial charge in [-0.15, -0.1) is 0 Å². The predicted molar refractivity (Wildman–Crippen MR) is 80.2 cm³/mol. The summed E-state index contributed by atoms with van der Waals surface area (Å²) in [5.74, 6) is -0.147. The predicted octanol–water partition coefficient (Wildman–Crippen LogP) is -12.1. The van der Waals surface area contributed by atoms with E-state index in [1.807, 2.05) is 0 Å². The van der Waals surface area contributed by atoms with Crippen LogP contribution in [0.5, 0.6) is 0 Å². The zero-order valence-corrected chi connectivity index (χ0v) is 25.7. The van der Waals surface area contributed by atoms with E-state index < -0.39 is 68.5 Å². The van der Waals surface area contributed by atoms with Crippen LogP contribution in [0.3, 0.4) is 0 Å². The monoisotopic (exact) mass is 542 g/mol. The van der Waals surface area contributed by atoms with Crippen molar-refractivity contribution in [2.75, 3.05) is 13.2 Å². The van der Waals surface area contributed by atoms with Crippen LogP contribution in [0.15, 0.2) is 0 Å². The molecule has 1 heterocycles. The second-order valence-electron chi connectivity index (χ2n) is 5.89. The van der Waals surface area contributed by atoms with Crippen molar-refractivity contribution in [3.05, 3.63) is 0 Å². The maximum atomic E-state index is 10.9. The molecule has 15 nitrogen and oxygen atoms in total. The summed E-state index contributed by atoms with van der Waals surface area (Å²) in [4.78, 5) is 0. The minimum Gasteiger partial charge on any atom is -0.726 e. The van der Waals surface area contributed by atoms with Crippen LogP contribution in [0.2, 0.25) is 0 Å². The molecule has 0 aromatic heterocycles. The van der Waals surface area contributed by atoms with Crippen LogP contribution < -0.4 is 88.7 Å². The van der Waals surface area contributed by atoms with E-state index in [9.17, 15) is 44.0 Å². The maximum absolute atomic E-state index is 10.9. The number of aliphatic hydroxyl groups excluding tert-OH is 1. The number of hydrogen-bond acceptors (Lipinski definition) is 15. The molecule has 0 bridgehead atoms. The van der Waals surface area contributed by atoms with Crippen molar-refractivity contribution in [3.8, 4) is 0 Å². The third kappa shape index (κ3) is 16.0. The molecular formula is C10H17Na3O15S3. The number of ether oxygens (including phenoxy) is 2. The van der Waals surface area contributed by atoms with E-state index in [1.165, 1.54) is 0 Å². The van der Waals surface area contributed by atoms with Gasteiger partial charge in [0.1, 0.15) is 24.4 Å². The smallest absolute Gasteiger partial charge is 0.726 e. The first-order valence-corrected chi connectivity index (χ1v) is 11.3. The van der Waals surface area contributed by atoms with Crippen LogP contribution in [0.1, 0.15) is 13.8 Å².